The van der Waals surface area contributed by atoms with Crippen LogP contribution in [-0.4, -0.2) is 38.0 Å². The van der Waals surface area contributed by atoms with Crippen molar-refractivity contribution < 1.29 is 4.79 Å². The predicted octanol–water partition coefficient (Wildman–Crippen LogP) is 1.27. The number of aromatic nitrogens is 4. The molecule has 8 heteroatoms. The van der Waals surface area contributed by atoms with Crippen molar-refractivity contribution in [3.63, 3.8) is 0 Å². The van der Waals surface area contributed by atoms with Crippen LogP contribution in [0.5, 0.6) is 0 Å². The summed E-state index contributed by atoms with van der Waals surface area (Å²) < 4.78 is 1.10. The lowest BCUT2D eigenvalue weighted by molar-refractivity contribution is 0.0773. The van der Waals surface area contributed by atoms with Crippen molar-refractivity contribution in [2.24, 2.45) is 0 Å². The second-order valence-electron chi connectivity index (χ2n) is 4.28. The van der Waals surface area contributed by atoms with E-state index in [2.05, 4.69) is 20.2 Å². The van der Waals surface area contributed by atoms with Gasteiger partial charge in [-0.1, -0.05) is 12.1 Å². The summed E-state index contributed by atoms with van der Waals surface area (Å²) in [5.41, 5.74) is 6.33. The molecular weight excluding hydrogens is 276 g/mol. The molecule has 20 heavy (non-hydrogen) atoms. The molecule has 3 N–H and O–H groups in total. The van der Waals surface area contributed by atoms with E-state index < -0.39 is 0 Å². The highest BCUT2D eigenvalue weighted by atomic mass is 32.1. The first kappa shape index (κ1) is 12.5. The Morgan fingerprint density at radius 3 is 2.90 bits per heavy atom. The van der Waals surface area contributed by atoms with Gasteiger partial charge in [-0.2, -0.15) is 4.98 Å². The lowest BCUT2D eigenvalue weighted by Crippen LogP contribution is -2.27. The van der Waals surface area contributed by atoms with Crippen molar-refractivity contribution in [3.8, 4) is 0 Å². The van der Waals surface area contributed by atoms with Gasteiger partial charge in [0.15, 0.2) is 0 Å². The summed E-state index contributed by atoms with van der Waals surface area (Å²) in [6.45, 7) is 0.415. The lowest BCUT2D eigenvalue weighted by Gasteiger charge is -2.13. The van der Waals surface area contributed by atoms with E-state index in [0.717, 1.165) is 15.2 Å². The molecule has 0 unspecified atom stereocenters. The number of hydrogen-bond donors (Lipinski definition) is 2. The van der Waals surface area contributed by atoms with Crippen LogP contribution >= 0.6 is 11.3 Å². The molecule has 0 saturated heterocycles. The molecule has 0 saturated carbocycles. The van der Waals surface area contributed by atoms with E-state index in [1.165, 1.54) is 4.90 Å². The lowest BCUT2D eigenvalue weighted by atomic mass is 10.3. The number of rotatable bonds is 3. The number of hydrogen-bond acceptors (Lipinski definition) is 6. The molecule has 3 rings (SSSR count). The summed E-state index contributed by atoms with van der Waals surface area (Å²) >= 11 is 1.57. The van der Waals surface area contributed by atoms with Gasteiger partial charge in [-0.3, -0.25) is 9.89 Å². The minimum Gasteiger partial charge on any atom is -0.366 e. The molecule has 0 bridgehead atoms. The summed E-state index contributed by atoms with van der Waals surface area (Å²) in [6.07, 6.45) is 0. The van der Waals surface area contributed by atoms with Crippen LogP contribution in [0.3, 0.4) is 0 Å². The van der Waals surface area contributed by atoms with Crippen molar-refractivity contribution in [1.82, 2.24) is 25.1 Å². The van der Waals surface area contributed by atoms with Gasteiger partial charge in [-0.15, -0.1) is 16.4 Å². The quantitative estimate of drug-likeness (QED) is 0.755. The number of carbonyl (C=O) groups excluding carboxylic acids is 1. The first-order valence-corrected chi connectivity index (χ1v) is 6.73. The number of fused-ring (bicyclic) bond motifs is 1. The van der Waals surface area contributed by atoms with Crippen LogP contribution < -0.4 is 5.73 Å². The topological polar surface area (TPSA) is 101 Å². The summed E-state index contributed by atoms with van der Waals surface area (Å²) in [7, 11) is 1.69. The molecule has 2 aromatic heterocycles. The van der Waals surface area contributed by atoms with Gasteiger partial charge in [0.1, 0.15) is 5.01 Å². The van der Waals surface area contributed by atoms with E-state index in [4.69, 9.17) is 5.73 Å². The number of H-pyrrole nitrogens is 1. The van der Waals surface area contributed by atoms with Gasteiger partial charge in [0.2, 0.25) is 11.8 Å². The van der Waals surface area contributed by atoms with Gasteiger partial charge < -0.3 is 10.6 Å². The Morgan fingerprint density at radius 1 is 1.40 bits per heavy atom. The van der Waals surface area contributed by atoms with Crippen molar-refractivity contribution in [2.75, 3.05) is 12.8 Å². The third kappa shape index (κ3) is 2.32. The van der Waals surface area contributed by atoms with Crippen molar-refractivity contribution in [3.05, 3.63) is 35.1 Å². The van der Waals surface area contributed by atoms with Crippen molar-refractivity contribution in [1.29, 1.82) is 0 Å². The molecule has 0 aliphatic heterocycles. The minimum absolute atomic E-state index is 0.0572. The summed E-state index contributed by atoms with van der Waals surface area (Å²) in [5, 5.41) is 7.02. The summed E-state index contributed by atoms with van der Waals surface area (Å²) in [4.78, 5) is 21.9. The third-order valence-electron chi connectivity index (χ3n) is 2.76. The van der Waals surface area contributed by atoms with E-state index >= 15 is 0 Å². The normalized spacial score (nSPS) is 10.8. The highest BCUT2D eigenvalue weighted by molar-refractivity contribution is 7.18. The number of amides is 1. The van der Waals surface area contributed by atoms with Crippen LogP contribution in [0, 0.1) is 0 Å². The largest absolute Gasteiger partial charge is 0.366 e. The number of nitrogens with one attached hydrogen (secondary N) is 1. The third-order valence-corrected chi connectivity index (χ3v) is 3.78. The average Bonchev–Trinajstić information content (AvgIpc) is 3.03. The van der Waals surface area contributed by atoms with Gasteiger partial charge in [-0.05, 0) is 12.1 Å². The Bertz CT molecular complexity index is 731. The number of thiazole rings is 1. The van der Waals surface area contributed by atoms with Gasteiger partial charge in [-0.25, -0.2) is 4.98 Å². The second-order valence-corrected chi connectivity index (χ2v) is 5.39. The van der Waals surface area contributed by atoms with E-state index in [-0.39, 0.29) is 17.7 Å². The van der Waals surface area contributed by atoms with E-state index in [9.17, 15) is 4.79 Å². The molecule has 0 aliphatic rings. The smallest absolute Gasteiger partial charge is 0.291 e. The number of anilines is 1. The molecule has 0 spiro atoms. The first-order chi connectivity index (χ1) is 9.63. The average molecular weight is 288 g/mol. The second kappa shape index (κ2) is 4.89. The molecule has 102 valence electrons. The molecule has 0 radical (unpaired) electrons. The Kier molecular flexibility index (Phi) is 3.07. The van der Waals surface area contributed by atoms with Crippen LogP contribution in [0.15, 0.2) is 24.3 Å². The number of aromatic amines is 1. The first-order valence-electron chi connectivity index (χ1n) is 5.91. The fraction of sp³-hybridized carbons (Fsp3) is 0.167. The number of para-hydroxylation sites is 1. The van der Waals surface area contributed by atoms with E-state index in [0.29, 0.717) is 6.54 Å². The Hall–Kier alpha value is -2.48. The molecule has 7 nitrogen and oxygen atoms in total. The maximum atomic E-state index is 12.1. The summed E-state index contributed by atoms with van der Waals surface area (Å²) in [5.74, 6) is -0.0821. The number of nitrogens with zero attached hydrogens (tertiary/aromatic N) is 4. The number of nitrogens with two attached hydrogens (primary N) is 1. The molecule has 1 aromatic carbocycles. The van der Waals surface area contributed by atoms with Crippen LogP contribution in [0.25, 0.3) is 10.2 Å². The van der Waals surface area contributed by atoms with Crippen LogP contribution in [0.2, 0.25) is 0 Å². The number of nitrogen functional groups attached to an aromatic ring is 1. The molecular formula is C12H12N6OS. The summed E-state index contributed by atoms with van der Waals surface area (Å²) in [6, 6.07) is 7.87. The molecule has 0 aliphatic carbocycles. The number of carbonyl (C=O) groups is 1. The van der Waals surface area contributed by atoms with Crippen LogP contribution in [0.1, 0.15) is 15.6 Å². The standard InChI is InChI=1S/C12H12N6OS/c1-18(11(19)10-15-12(13)17-16-10)6-9-14-7-4-2-3-5-8(7)20-9/h2-5H,6H2,1H3,(H3,13,15,16,17). The minimum atomic E-state index is -0.270. The zero-order valence-corrected chi connectivity index (χ0v) is 11.5. The Morgan fingerprint density at radius 2 is 2.20 bits per heavy atom. The molecule has 2 heterocycles. The van der Waals surface area contributed by atoms with Gasteiger partial charge in [0.05, 0.1) is 16.8 Å². The van der Waals surface area contributed by atoms with Crippen LogP contribution in [-0.2, 0) is 6.54 Å². The molecule has 1 amide bonds. The predicted molar refractivity (Wildman–Crippen MR) is 76.2 cm³/mol. The zero-order valence-electron chi connectivity index (χ0n) is 10.7. The fourth-order valence-electron chi connectivity index (χ4n) is 1.81. The molecule has 3 aromatic rings. The van der Waals surface area contributed by atoms with Gasteiger partial charge >= 0.3 is 0 Å². The number of benzene rings is 1. The maximum Gasteiger partial charge on any atom is 0.291 e. The monoisotopic (exact) mass is 288 g/mol. The van der Waals surface area contributed by atoms with Crippen molar-refractivity contribution >= 4 is 33.4 Å². The fourth-order valence-corrected chi connectivity index (χ4v) is 2.83. The van der Waals surface area contributed by atoms with Gasteiger partial charge in [0, 0.05) is 7.05 Å². The molecule has 0 fully saturated rings. The Labute approximate surface area is 118 Å². The van der Waals surface area contributed by atoms with E-state index in [1.54, 1.807) is 18.4 Å². The SMILES string of the molecule is CN(Cc1nc2ccccc2s1)C(=O)c1nc(N)n[nH]1. The molecule has 0 atom stereocenters. The van der Waals surface area contributed by atoms with Crippen molar-refractivity contribution in [2.45, 2.75) is 6.54 Å². The zero-order chi connectivity index (χ0) is 14.1. The highest BCUT2D eigenvalue weighted by Crippen LogP contribution is 2.22. The van der Waals surface area contributed by atoms with E-state index in [1.807, 2.05) is 24.3 Å². The maximum absolute atomic E-state index is 12.1. The van der Waals surface area contributed by atoms with Crippen LogP contribution in [0.4, 0.5) is 5.95 Å². The van der Waals surface area contributed by atoms with Gasteiger partial charge in [0.25, 0.3) is 5.91 Å². The highest BCUT2D eigenvalue weighted by Gasteiger charge is 2.17. The Balaban J connectivity index is 1.78.